The highest BCUT2D eigenvalue weighted by Crippen LogP contribution is 2.31. The lowest BCUT2D eigenvalue weighted by Gasteiger charge is -2.32. The molecule has 1 aromatic heterocycles. The molecule has 0 aliphatic carbocycles. The molecule has 0 spiro atoms. The van der Waals surface area contributed by atoms with Crippen LogP contribution in [0.4, 0.5) is 0 Å². The predicted molar refractivity (Wildman–Crippen MR) is 88.7 cm³/mol. The fraction of sp³-hybridized carbons (Fsp3) is 0.471. The maximum absolute atomic E-state index is 12.7. The number of halogens is 1. The number of benzene rings is 1. The highest BCUT2D eigenvalue weighted by atomic mass is 79.9. The van der Waals surface area contributed by atoms with Crippen molar-refractivity contribution in [1.29, 1.82) is 0 Å². The summed E-state index contributed by atoms with van der Waals surface area (Å²) in [4.78, 5) is 18.3. The third-order valence-corrected chi connectivity index (χ3v) is 5.31. The van der Waals surface area contributed by atoms with Crippen LogP contribution in [0, 0.1) is 5.92 Å². The largest absolute Gasteiger partial charge is 0.381 e. The number of carbonyl (C=O) groups excluding carboxylic acids is 1. The van der Waals surface area contributed by atoms with Crippen LogP contribution in [0.3, 0.4) is 0 Å². The number of carbonyl (C=O) groups is 1. The number of H-pyrrole nitrogens is 1. The Kier molecular flexibility index (Phi) is 3.70. The smallest absolute Gasteiger partial charge is 0.226 e. The Balaban J connectivity index is 1.61. The fourth-order valence-corrected chi connectivity index (χ4v) is 3.94. The maximum atomic E-state index is 12.7. The van der Waals surface area contributed by atoms with E-state index in [1.54, 1.807) is 0 Å². The van der Waals surface area contributed by atoms with Gasteiger partial charge in [-0.3, -0.25) is 4.79 Å². The van der Waals surface area contributed by atoms with Crippen LogP contribution >= 0.6 is 15.9 Å². The average molecular weight is 363 g/mol. The average Bonchev–Trinajstić information content (AvgIpc) is 2.92. The Labute approximate surface area is 137 Å². The molecule has 0 bridgehead atoms. The minimum absolute atomic E-state index is 0.146. The van der Waals surface area contributed by atoms with Gasteiger partial charge in [0.15, 0.2) is 0 Å². The van der Waals surface area contributed by atoms with Crippen LogP contribution < -0.4 is 0 Å². The van der Waals surface area contributed by atoms with Crippen molar-refractivity contribution in [3.05, 3.63) is 33.9 Å². The Morgan fingerprint density at radius 3 is 2.95 bits per heavy atom. The lowest BCUT2D eigenvalue weighted by atomic mass is 9.96. The van der Waals surface area contributed by atoms with E-state index >= 15 is 0 Å². The van der Waals surface area contributed by atoms with Gasteiger partial charge < -0.3 is 14.6 Å². The van der Waals surface area contributed by atoms with Crippen LogP contribution in [0.5, 0.6) is 0 Å². The van der Waals surface area contributed by atoms with Gasteiger partial charge >= 0.3 is 0 Å². The molecule has 3 heterocycles. The predicted octanol–water partition coefficient (Wildman–Crippen LogP) is 3.24. The van der Waals surface area contributed by atoms with Crippen LogP contribution in [-0.2, 0) is 22.5 Å². The summed E-state index contributed by atoms with van der Waals surface area (Å²) in [6, 6.07) is 6.30. The van der Waals surface area contributed by atoms with Crippen molar-refractivity contribution >= 4 is 32.7 Å². The van der Waals surface area contributed by atoms with Crippen molar-refractivity contribution in [3.63, 3.8) is 0 Å². The van der Waals surface area contributed by atoms with Gasteiger partial charge in [-0.2, -0.15) is 0 Å². The van der Waals surface area contributed by atoms with Gasteiger partial charge in [0.2, 0.25) is 5.91 Å². The minimum atomic E-state index is 0.146. The van der Waals surface area contributed by atoms with E-state index in [9.17, 15) is 4.79 Å². The first-order valence-electron chi connectivity index (χ1n) is 7.88. The molecule has 1 fully saturated rings. The number of aromatic amines is 1. The molecule has 5 heteroatoms. The second kappa shape index (κ2) is 5.70. The molecule has 0 atom stereocenters. The van der Waals surface area contributed by atoms with Gasteiger partial charge in [0, 0.05) is 65.3 Å². The summed E-state index contributed by atoms with van der Waals surface area (Å²) in [6.07, 6.45) is 2.64. The molecular formula is C17H19BrN2O2. The van der Waals surface area contributed by atoms with E-state index in [0.717, 1.165) is 55.6 Å². The lowest BCUT2D eigenvalue weighted by molar-refractivity contribution is -0.139. The summed E-state index contributed by atoms with van der Waals surface area (Å²) in [7, 11) is 0. The van der Waals surface area contributed by atoms with E-state index in [2.05, 4.69) is 39.1 Å². The summed E-state index contributed by atoms with van der Waals surface area (Å²) in [5, 5.41) is 1.23. The number of hydrogen-bond donors (Lipinski definition) is 1. The number of fused-ring (bicyclic) bond motifs is 3. The molecule has 4 nitrogen and oxygen atoms in total. The monoisotopic (exact) mass is 362 g/mol. The number of rotatable bonds is 1. The quantitative estimate of drug-likeness (QED) is 0.846. The summed E-state index contributed by atoms with van der Waals surface area (Å²) >= 11 is 3.54. The Hall–Kier alpha value is -1.33. The topological polar surface area (TPSA) is 45.3 Å². The lowest BCUT2D eigenvalue weighted by Crippen LogP contribution is -2.41. The number of ether oxygens (including phenoxy) is 1. The first kappa shape index (κ1) is 14.3. The van der Waals surface area contributed by atoms with E-state index in [0.29, 0.717) is 5.91 Å². The third-order valence-electron chi connectivity index (χ3n) is 4.82. The number of aromatic nitrogens is 1. The number of nitrogens with one attached hydrogen (secondary N) is 1. The molecule has 0 saturated carbocycles. The van der Waals surface area contributed by atoms with Crippen molar-refractivity contribution in [2.45, 2.75) is 25.8 Å². The van der Waals surface area contributed by atoms with E-state index < -0.39 is 0 Å². The Morgan fingerprint density at radius 2 is 2.14 bits per heavy atom. The molecule has 1 amide bonds. The molecule has 2 aromatic rings. The first-order chi connectivity index (χ1) is 10.7. The second-order valence-electron chi connectivity index (χ2n) is 6.17. The van der Waals surface area contributed by atoms with Crippen molar-refractivity contribution in [2.75, 3.05) is 19.8 Å². The van der Waals surface area contributed by atoms with E-state index in [-0.39, 0.29) is 5.92 Å². The van der Waals surface area contributed by atoms with Gasteiger partial charge in [-0.1, -0.05) is 15.9 Å². The first-order valence-corrected chi connectivity index (χ1v) is 8.67. The van der Waals surface area contributed by atoms with Crippen LogP contribution in [0.1, 0.15) is 24.1 Å². The molecular weight excluding hydrogens is 344 g/mol. The zero-order valence-corrected chi connectivity index (χ0v) is 14.0. The van der Waals surface area contributed by atoms with Crippen molar-refractivity contribution in [3.8, 4) is 0 Å². The van der Waals surface area contributed by atoms with Crippen LogP contribution in [0.2, 0.25) is 0 Å². The van der Waals surface area contributed by atoms with Crippen LogP contribution in [0.15, 0.2) is 22.7 Å². The summed E-state index contributed by atoms with van der Waals surface area (Å²) in [5.74, 6) is 0.450. The molecule has 1 saturated heterocycles. The van der Waals surface area contributed by atoms with Crippen LogP contribution in [0.25, 0.3) is 10.9 Å². The highest BCUT2D eigenvalue weighted by molar-refractivity contribution is 9.10. The molecule has 1 N–H and O–H groups in total. The zero-order chi connectivity index (χ0) is 15.1. The van der Waals surface area contributed by atoms with Crippen molar-refractivity contribution in [1.82, 2.24) is 9.88 Å². The minimum Gasteiger partial charge on any atom is -0.381 e. The standard InChI is InChI=1S/C17H19BrN2O2/c18-12-1-2-15-13(9-12)14-10-20(6-3-16(14)19-15)17(21)11-4-7-22-8-5-11/h1-2,9,11,19H,3-8,10H2. The van der Waals surface area contributed by atoms with Gasteiger partial charge in [-0.05, 0) is 31.0 Å². The van der Waals surface area contributed by atoms with Crippen molar-refractivity contribution in [2.24, 2.45) is 5.92 Å². The number of hydrogen-bond acceptors (Lipinski definition) is 2. The molecule has 22 heavy (non-hydrogen) atoms. The second-order valence-corrected chi connectivity index (χ2v) is 7.08. The molecule has 1 aromatic carbocycles. The van der Waals surface area contributed by atoms with Gasteiger partial charge in [0.25, 0.3) is 0 Å². The zero-order valence-electron chi connectivity index (χ0n) is 12.4. The number of nitrogens with zero attached hydrogens (tertiary/aromatic N) is 1. The van der Waals surface area contributed by atoms with Gasteiger partial charge in [-0.15, -0.1) is 0 Å². The Morgan fingerprint density at radius 1 is 1.32 bits per heavy atom. The SMILES string of the molecule is O=C(C1CCOCC1)N1CCc2[nH]c3ccc(Br)cc3c2C1. The van der Waals surface area contributed by atoms with Gasteiger partial charge in [0.1, 0.15) is 0 Å². The summed E-state index contributed by atoms with van der Waals surface area (Å²) in [6.45, 7) is 2.98. The maximum Gasteiger partial charge on any atom is 0.226 e. The highest BCUT2D eigenvalue weighted by Gasteiger charge is 2.30. The summed E-state index contributed by atoms with van der Waals surface area (Å²) in [5.41, 5.74) is 3.72. The number of amides is 1. The molecule has 0 unspecified atom stereocenters. The van der Waals surface area contributed by atoms with E-state index in [1.807, 2.05) is 4.90 Å². The van der Waals surface area contributed by atoms with Gasteiger partial charge in [0.05, 0.1) is 0 Å². The van der Waals surface area contributed by atoms with Crippen LogP contribution in [-0.4, -0.2) is 35.5 Å². The normalized spacial score (nSPS) is 19.4. The Bertz CT molecular complexity index is 719. The molecule has 2 aliphatic heterocycles. The van der Waals surface area contributed by atoms with E-state index in [4.69, 9.17) is 4.74 Å². The molecule has 116 valence electrons. The van der Waals surface area contributed by atoms with Gasteiger partial charge in [-0.25, -0.2) is 0 Å². The molecule has 0 radical (unpaired) electrons. The fourth-order valence-electron chi connectivity index (χ4n) is 3.58. The van der Waals surface area contributed by atoms with Crippen molar-refractivity contribution < 1.29 is 9.53 Å². The third kappa shape index (κ3) is 2.46. The molecule has 2 aliphatic rings. The van der Waals surface area contributed by atoms with E-state index in [1.165, 1.54) is 16.6 Å². The molecule has 4 rings (SSSR count). The summed E-state index contributed by atoms with van der Waals surface area (Å²) < 4.78 is 6.45.